The maximum absolute atomic E-state index is 12.5. The number of ether oxygens (including phenoxy) is 2. The van der Waals surface area contributed by atoms with Crippen molar-refractivity contribution in [3.8, 4) is 11.5 Å². The van der Waals surface area contributed by atoms with Gasteiger partial charge in [0.05, 0.1) is 18.7 Å². The van der Waals surface area contributed by atoms with Gasteiger partial charge in [0.2, 0.25) is 0 Å². The molecule has 2 aromatic carbocycles. The van der Waals surface area contributed by atoms with Gasteiger partial charge in [0, 0.05) is 17.0 Å². The number of hydrogen-bond donors (Lipinski definition) is 3. The van der Waals surface area contributed by atoms with Gasteiger partial charge in [-0.3, -0.25) is 14.8 Å². The summed E-state index contributed by atoms with van der Waals surface area (Å²) in [5.74, 6) is 0.232. The monoisotopic (exact) mass is 395 g/mol. The largest absolute Gasteiger partial charge is 0.493 e. The van der Waals surface area contributed by atoms with Crippen molar-refractivity contribution >= 4 is 22.7 Å². The maximum Gasteiger partial charge on any atom is 0.274 e. The molecule has 0 saturated carbocycles. The highest BCUT2D eigenvalue weighted by atomic mass is 16.5. The molecule has 1 aromatic heterocycles. The normalized spacial score (nSPS) is 10.4. The van der Waals surface area contributed by atoms with E-state index < -0.39 is 5.91 Å². The lowest BCUT2D eigenvalue weighted by atomic mass is 10.1. The SMILES string of the molecule is CCOc1cc(C(=O)NCCOc2ccc(C(=O)NO)cc2)nc2ccccc12. The topological polar surface area (TPSA) is 110 Å². The van der Waals surface area contributed by atoms with Gasteiger partial charge in [-0.2, -0.15) is 0 Å². The first-order chi connectivity index (χ1) is 14.1. The van der Waals surface area contributed by atoms with Crippen LogP contribution in [0.3, 0.4) is 0 Å². The second-order valence-corrected chi connectivity index (χ2v) is 6.03. The molecule has 0 aliphatic heterocycles. The highest BCUT2D eigenvalue weighted by molar-refractivity contribution is 5.97. The van der Waals surface area contributed by atoms with Crippen molar-refractivity contribution in [3.63, 3.8) is 0 Å². The molecule has 0 atom stereocenters. The fraction of sp³-hybridized carbons (Fsp3) is 0.190. The minimum Gasteiger partial charge on any atom is -0.493 e. The number of aromatic nitrogens is 1. The second-order valence-electron chi connectivity index (χ2n) is 6.03. The average Bonchev–Trinajstić information content (AvgIpc) is 2.76. The summed E-state index contributed by atoms with van der Waals surface area (Å²) in [5.41, 5.74) is 2.82. The van der Waals surface area contributed by atoms with Crippen molar-refractivity contribution < 1.29 is 24.3 Å². The first kappa shape index (κ1) is 20.1. The van der Waals surface area contributed by atoms with Crippen molar-refractivity contribution in [3.05, 3.63) is 65.9 Å². The van der Waals surface area contributed by atoms with Gasteiger partial charge in [0.15, 0.2) is 0 Å². The zero-order chi connectivity index (χ0) is 20.6. The van der Waals surface area contributed by atoms with Gasteiger partial charge in [-0.1, -0.05) is 12.1 Å². The van der Waals surface area contributed by atoms with Crippen LogP contribution in [0.15, 0.2) is 54.6 Å². The van der Waals surface area contributed by atoms with Crippen LogP contribution in [0.5, 0.6) is 11.5 Å². The Morgan fingerprint density at radius 2 is 1.79 bits per heavy atom. The van der Waals surface area contributed by atoms with Gasteiger partial charge >= 0.3 is 0 Å². The Hall–Kier alpha value is -3.65. The first-order valence-corrected chi connectivity index (χ1v) is 9.10. The molecule has 2 amide bonds. The Morgan fingerprint density at radius 1 is 1.03 bits per heavy atom. The van der Waals surface area contributed by atoms with Gasteiger partial charge in [-0.25, -0.2) is 10.5 Å². The van der Waals surface area contributed by atoms with Gasteiger partial charge < -0.3 is 14.8 Å². The lowest BCUT2D eigenvalue weighted by Gasteiger charge is -2.11. The van der Waals surface area contributed by atoms with Gasteiger partial charge in [-0.05, 0) is 43.3 Å². The number of nitrogens with zero attached hydrogens (tertiary/aromatic N) is 1. The summed E-state index contributed by atoms with van der Waals surface area (Å²) in [6.07, 6.45) is 0. The lowest BCUT2D eigenvalue weighted by Crippen LogP contribution is -2.28. The summed E-state index contributed by atoms with van der Waals surface area (Å²) in [6, 6.07) is 15.4. The fourth-order valence-electron chi connectivity index (χ4n) is 2.73. The third-order valence-electron chi connectivity index (χ3n) is 4.09. The predicted octanol–water partition coefficient (Wildman–Crippen LogP) is 2.56. The maximum atomic E-state index is 12.5. The van der Waals surface area contributed by atoms with E-state index in [2.05, 4.69) is 10.3 Å². The molecule has 3 N–H and O–H groups in total. The molecule has 0 aliphatic carbocycles. The third-order valence-corrected chi connectivity index (χ3v) is 4.09. The van der Waals surface area contributed by atoms with Crippen LogP contribution in [-0.2, 0) is 0 Å². The molecule has 0 radical (unpaired) electrons. The van der Waals surface area contributed by atoms with E-state index in [1.807, 2.05) is 31.2 Å². The van der Waals surface area contributed by atoms with Crippen LogP contribution < -0.4 is 20.3 Å². The fourth-order valence-corrected chi connectivity index (χ4v) is 2.73. The number of fused-ring (bicyclic) bond motifs is 1. The molecule has 0 unspecified atom stereocenters. The van der Waals surface area contributed by atoms with Crippen molar-refractivity contribution in [1.29, 1.82) is 0 Å². The van der Waals surface area contributed by atoms with E-state index in [0.717, 1.165) is 5.39 Å². The number of hydroxylamine groups is 1. The number of nitrogens with one attached hydrogen (secondary N) is 2. The van der Waals surface area contributed by atoms with Crippen molar-refractivity contribution in [2.24, 2.45) is 0 Å². The number of carbonyl (C=O) groups excluding carboxylic acids is 2. The van der Waals surface area contributed by atoms with Crippen molar-refractivity contribution in [1.82, 2.24) is 15.8 Å². The minimum atomic E-state index is -0.599. The summed E-state index contributed by atoms with van der Waals surface area (Å²) in [7, 11) is 0. The molecule has 150 valence electrons. The predicted molar refractivity (Wildman–Crippen MR) is 106 cm³/mol. The van der Waals surface area contributed by atoms with E-state index in [1.54, 1.807) is 23.7 Å². The second kappa shape index (κ2) is 9.52. The van der Waals surface area contributed by atoms with Crippen LogP contribution in [0.2, 0.25) is 0 Å². The van der Waals surface area contributed by atoms with Crippen LogP contribution in [0.4, 0.5) is 0 Å². The molecule has 0 aliphatic rings. The Balaban J connectivity index is 1.57. The molecule has 0 fully saturated rings. The van der Waals surface area contributed by atoms with Gasteiger partial charge in [0.25, 0.3) is 11.8 Å². The highest BCUT2D eigenvalue weighted by Crippen LogP contribution is 2.25. The van der Waals surface area contributed by atoms with Crippen molar-refractivity contribution in [2.45, 2.75) is 6.92 Å². The molecular formula is C21H21N3O5. The Bertz CT molecular complexity index is 1000. The first-order valence-electron chi connectivity index (χ1n) is 9.10. The number of carbonyl (C=O) groups is 2. The number of benzene rings is 2. The van der Waals surface area contributed by atoms with Gasteiger partial charge in [0.1, 0.15) is 23.8 Å². The molecule has 8 heteroatoms. The summed E-state index contributed by atoms with van der Waals surface area (Å²) >= 11 is 0. The van der Waals surface area contributed by atoms with Crippen LogP contribution >= 0.6 is 0 Å². The highest BCUT2D eigenvalue weighted by Gasteiger charge is 2.12. The van der Waals surface area contributed by atoms with Crippen LogP contribution in [0.25, 0.3) is 10.9 Å². The average molecular weight is 395 g/mol. The van der Waals surface area contributed by atoms with E-state index in [9.17, 15) is 9.59 Å². The molecule has 0 bridgehead atoms. The molecular weight excluding hydrogens is 374 g/mol. The molecule has 1 heterocycles. The molecule has 0 saturated heterocycles. The standard InChI is InChI=1S/C21H21N3O5/c1-2-28-19-13-18(23-17-6-4-3-5-16(17)19)21(26)22-11-12-29-15-9-7-14(8-10-15)20(25)24-27/h3-10,13,27H,2,11-12H2,1H3,(H,22,26)(H,24,25). The summed E-state index contributed by atoms with van der Waals surface area (Å²) < 4.78 is 11.2. The van der Waals surface area contributed by atoms with Gasteiger partial charge in [-0.15, -0.1) is 0 Å². The van der Waals surface area contributed by atoms with Crippen LogP contribution in [0.1, 0.15) is 27.8 Å². The molecule has 3 rings (SSSR count). The van der Waals surface area contributed by atoms with E-state index in [0.29, 0.717) is 29.2 Å². The number of para-hydroxylation sites is 1. The molecule has 8 nitrogen and oxygen atoms in total. The van der Waals surface area contributed by atoms with Crippen LogP contribution in [0, 0.1) is 0 Å². The smallest absolute Gasteiger partial charge is 0.274 e. The van der Waals surface area contributed by atoms with E-state index >= 15 is 0 Å². The molecule has 0 spiro atoms. The lowest BCUT2D eigenvalue weighted by molar-refractivity contribution is 0.0706. The van der Waals surface area contributed by atoms with Crippen LogP contribution in [-0.4, -0.2) is 41.8 Å². The van der Waals surface area contributed by atoms with E-state index in [1.165, 1.54) is 12.1 Å². The Morgan fingerprint density at radius 3 is 2.52 bits per heavy atom. The summed E-state index contributed by atoms with van der Waals surface area (Å²) in [6.45, 7) is 2.88. The number of hydrogen-bond acceptors (Lipinski definition) is 6. The quantitative estimate of drug-likeness (QED) is 0.307. The minimum absolute atomic E-state index is 0.239. The zero-order valence-corrected chi connectivity index (χ0v) is 15.8. The van der Waals surface area contributed by atoms with Crippen molar-refractivity contribution in [2.75, 3.05) is 19.8 Å². The number of amides is 2. The number of pyridine rings is 1. The number of rotatable bonds is 8. The molecule has 29 heavy (non-hydrogen) atoms. The molecule has 3 aromatic rings. The Kier molecular flexibility index (Phi) is 6.59. The Labute approximate surface area is 167 Å². The third kappa shape index (κ3) is 4.99. The summed E-state index contributed by atoms with van der Waals surface area (Å²) in [5, 5.41) is 12.2. The summed E-state index contributed by atoms with van der Waals surface area (Å²) in [4.78, 5) is 28.1. The van der Waals surface area contributed by atoms with E-state index in [4.69, 9.17) is 14.7 Å². The van der Waals surface area contributed by atoms with E-state index in [-0.39, 0.29) is 24.8 Å². The zero-order valence-electron chi connectivity index (χ0n) is 15.8.